The summed E-state index contributed by atoms with van der Waals surface area (Å²) in [5, 5.41) is 4.03. The van der Waals surface area contributed by atoms with Crippen LogP contribution in [0.4, 0.5) is 11.5 Å². The number of ether oxygens (including phenoxy) is 1. The van der Waals surface area contributed by atoms with Gasteiger partial charge in [-0.1, -0.05) is 6.92 Å². The Morgan fingerprint density at radius 2 is 2.00 bits per heavy atom. The van der Waals surface area contributed by atoms with Gasteiger partial charge in [-0.3, -0.25) is 4.79 Å². The largest absolute Gasteiger partial charge is 0.497 e. The van der Waals surface area contributed by atoms with E-state index in [9.17, 15) is 4.79 Å². The second kappa shape index (κ2) is 7.27. The molecule has 0 bridgehead atoms. The van der Waals surface area contributed by atoms with Gasteiger partial charge in [0.1, 0.15) is 11.6 Å². The molecule has 0 fully saturated rings. The van der Waals surface area contributed by atoms with Gasteiger partial charge in [-0.2, -0.15) is 0 Å². The fraction of sp³-hybridized carbons (Fsp3) is 0.273. The van der Waals surface area contributed by atoms with Gasteiger partial charge in [0.05, 0.1) is 12.6 Å². The van der Waals surface area contributed by atoms with Crippen LogP contribution in [0.25, 0.3) is 10.9 Å². The third-order valence-electron chi connectivity index (χ3n) is 4.92. The first-order valence-corrected chi connectivity index (χ1v) is 9.33. The summed E-state index contributed by atoms with van der Waals surface area (Å²) < 4.78 is 5.33. The molecule has 138 valence electrons. The van der Waals surface area contributed by atoms with E-state index in [-0.39, 0.29) is 5.91 Å². The number of methoxy groups -OCH3 is 1. The number of rotatable bonds is 5. The number of fused-ring (bicyclic) bond motifs is 2. The highest BCUT2D eigenvalue weighted by Crippen LogP contribution is 2.35. The summed E-state index contributed by atoms with van der Waals surface area (Å²) in [6, 6.07) is 15.9. The van der Waals surface area contributed by atoms with E-state index in [1.165, 1.54) is 5.56 Å². The summed E-state index contributed by atoms with van der Waals surface area (Å²) in [4.78, 5) is 19.2. The lowest BCUT2D eigenvalue weighted by Crippen LogP contribution is -2.24. The zero-order valence-corrected chi connectivity index (χ0v) is 15.7. The molecule has 0 atom stereocenters. The molecule has 1 aliphatic rings. The molecule has 1 aliphatic heterocycles. The maximum absolute atomic E-state index is 12.1. The minimum atomic E-state index is -0.0264. The van der Waals surface area contributed by atoms with E-state index in [0.717, 1.165) is 47.5 Å². The van der Waals surface area contributed by atoms with Gasteiger partial charge >= 0.3 is 0 Å². The van der Waals surface area contributed by atoms with Gasteiger partial charge in [0.2, 0.25) is 0 Å². The number of hydrogen-bond donors (Lipinski definition) is 1. The van der Waals surface area contributed by atoms with Gasteiger partial charge in [0, 0.05) is 35.8 Å². The van der Waals surface area contributed by atoms with Crippen LogP contribution in [0.15, 0.2) is 48.5 Å². The number of anilines is 2. The summed E-state index contributed by atoms with van der Waals surface area (Å²) in [5.74, 6) is 1.77. The lowest BCUT2D eigenvalue weighted by atomic mass is 10.1. The predicted octanol–water partition coefficient (Wildman–Crippen LogP) is 4.08. The monoisotopic (exact) mass is 361 g/mol. The Morgan fingerprint density at radius 3 is 2.74 bits per heavy atom. The van der Waals surface area contributed by atoms with Crippen LogP contribution in [0, 0.1) is 0 Å². The molecule has 3 aromatic rings. The van der Waals surface area contributed by atoms with Crippen LogP contribution in [0.2, 0.25) is 0 Å². The Labute approximate surface area is 159 Å². The van der Waals surface area contributed by atoms with Gasteiger partial charge in [-0.25, -0.2) is 4.98 Å². The van der Waals surface area contributed by atoms with Crippen molar-refractivity contribution in [2.24, 2.45) is 0 Å². The van der Waals surface area contributed by atoms with Gasteiger partial charge < -0.3 is 15.0 Å². The fourth-order valence-corrected chi connectivity index (χ4v) is 3.45. The maximum Gasteiger partial charge on any atom is 0.251 e. The fourth-order valence-electron chi connectivity index (χ4n) is 3.45. The molecule has 0 saturated heterocycles. The minimum absolute atomic E-state index is 0.0264. The third-order valence-corrected chi connectivity index (χ3v) is 4.92. The first-order chi connectivity index (χ1) is 13.2. The average Bonchev–Trinajstić information content (AvgIpc) is 3.12. The Morgan fingerprint density at radius 1 is 1.19 bits per heavy atom. The standard InChI is InChI=1S/C22H23N3O2/c1-3-11-23-22(26)15-4-7-18(8-5-15)25-12-10-17-13-16-6-9-19(27-2)14-20(16)24-21(17)25/h4-9,13-14H,3,10-12H2,1-2H3,(H,23,26). The summed E-state index contributed by atoms with van der Waals surface area (Å²) in [7, 11) is 1.67. The van der Waals surface area contributed by atoms with Crippen LogP contribution in [0.1, 0.15) is 29.3 Å². The molecule has 0 radical (unpaired) electrons. The van der Waals surface area contributed by atoms with E-state index in [4.69, 9.17) is 9.72 Å². The van der Waals surface area contributed by atoms with E-state index >= 15 is 0 Å². The van der Waals surface area contributed by atoms with E-state index in [2.05, 4.69) is 16.3 Å². The number of hydrogen-bond acceptors (Lipinski definition) is 4. The number of pyridine rings is 1. The SMILES string of the molecule is CCCNC(=O)c1ccc(N2CCc3cc4ccc(OC)cc4nc32)cc1. The van der Waals surface area contributed by atoms with E-state index in [1.54, 1.807) is 7.11 Å². The van der Waals surface area contributed by atoms with Gasteiger partial charge in [-0.15, -0.1) is 0 Å². The Balaban J connectivity index is 1.63. The number of aromatic nitrogens is 1. The molecule has 0 aliphatic carbocycles. The van der Waals surface area contributed by atoms with Crippen molar-refractivity contribution in [2.45, 2.75) is 19.8 Å². The molecule has 0 unspecified atom stereocenters. The second-order valence-electron chi connectivity index (χ2n) is 6.73. The topological polar surface area (TPSA) is 54.5 Å². The van der Waals surface area contributed by atoms with Gasteiger partial charge in [-0.05, 0) is 60.9 Å². The van der Waals surface area contributed by atoms with E-state index < -0.39 is 0 Å². The normalized spacial score (nSPS) is 12.9. The highest BCUT2D eigenvalue weighted by atomic mass is 16.5. The molecular weight excluding hydrogens is 338 g/mol. The first kappa shape index (κ1) is 17.3. The molecule has 27 heavy (non-hydrogen) atoms. The van der Waals surface area contributed by atoms with Crippen LogP contribution >= 0.6 is 0 Å². The summed E-state index contributed by atoms with van der Waals surface area (Å²) in [6.07, 6.45) is 1.89. The molecule has 2 heterocycles. The molecule has 1 N–H and O–H groups in total. The number of carbonyl (C=O) groups is 1. The molecule has 0 saturated carbocycles. The van der Waals surface area contributed by atoms with Crippen LogP contribution < -0.4 is 15.0 Å². The predicted molar refractivity (Wildman–Crippen MR) is 108 cm³/mol. The van der Waals surface area contributed by atoms with Gasteiger partial charge in [0.15, 0.2) is 0 Å². The van der Waals surface area contributed by atoms with Crippen LogP contribution in [-0.4, -0.2) is 31.1 Å². The van der Waals surface area contributed by atoms with Crippen molar-refractivity contribution >= 4 is 28.3 Å². The van der Waals surface area contributed by atoms with Crippen LogP contribution in [0.3, 0.4) is 0 Å². The van der Waals surface area contributed by atoms with Crippen molar-refractivity contribution < 1.29 is 9.53 Å². The van der Waals surface area contributed by atoms with Crippen molar-refractivity contribution in [3.8, 4) is 5.75 Å². The molecule has 0 spiro atoms. The molecule has 5 heteroatoms. The molecule has 5 nitrogen and oxygen atoms in total. The zero-order valence-electron chi connectivity index (χ0n) is 15.7. The van der Waals surface area contributed by atoms with Crippen LogP contribution in [-0.2, 0) is 6.42 Å². The highest BCUT2D eigenvalue weighted by Gasteiger charge is 2.23. The maximum atomic E-state index is 12.1. The number of amides is 1. The van der Waals surface area contributed by atoms with Crippen molar-refractivity contribution in [1.29, 1.82) is 0 Å². The quantitative estimate of drug-likeness (QED) is 0.744. The lowest BCUT2D eigenvalue weighted by Gasteiger charge is -2.19. The second-order valence-corrected chi connectivity index (χ2v) is 6.73. The molecule has 4 rings (SSSR count). The van der Waals surface area contributed by atoms with Crippen molar-refractivity contribution in [3.63, 3.8) is 0 Å². The summed E-state index contributed by atoms with van der Waals surface area (Å²) in [5.41, 5.74) is 3.91. The van der Waals surface area contributed by atoms with E-state index in [1.807, 2.05) is 49.4 Å². The Bertz CT molecular complexity index is 983. The highest BCUT2D eigenvalue weighted by molar-refractivity contribution is 5.94. The Kier molecular flexibility index (Phi) is 4.67. The zero-order chi connectivity index (χ0) is 18.8. The smallest absolute Gasteiger partial charge is 0.251 e. The molecule has 1 amide bonds. The molecular formula is C22H23N3O2. The first-order valence-electron chi connectivity index (χ1n) is 9.33. The van der Waals surface area contributed by atoms with E-state index in [0.29, 0.717) is 12.1 Å². The number of carbonyl (C=O) groups excluding carboxylic acids is 1. The third kappa shape index (κ3) is 3.33. The van der Waals surface area contributed by atoms with Crippen molar-refractivity contribution in [3.05, 3.63) is 59.7 Å². The molecule has 2 aromatic carbocycles. The average molecular weight is 361 g/mol. The number of benzene rings is 2. The number of nitrogens with zero attached hydrogens (tertiary/aromatic N) is 2. The van der Waals surface area contributed by atoms with Crippen molar-refractivity contribution in [2.75, 3.05) is 25.1 Å². The van der Waals surface area contributed by atoms with Crippen LogP contribution in [0.5, 0.6) is 5.75 Å². The number of nitrogens with one attached hydrogen (secondary N) is 1. The lowest BCUT2D eigenvalue weighted by molar-refractivity contribution is 0.0953. The minimum Gasteiger partial charge on any atom is -0.497 e. The summed E-state index contributed by atoms with van der Waals surface area (Å²) >= 11 is 0. The molecule has 1 aromatic heterocycles. The van der Waals surface area contributed by atoms with Gasteiger partial charge in [0.25, 0.3) is 5.91 Å². The summed E-state index contributed by atoms with van der Waals surface area (Å²) in [6.45, 7) is 3.62. The van der Waals surface area contributed by atoms with Crippen molar-refractivity contribution in [1.82, 2.24) is 10.3 Å². The Hall–Kier alpha value is -3.08.